The molecular weight excluding hydrogens is 388 g/mol. The molecule has 0 aliphatic carbocycles. The maximum Gasteiger partial charge on any atom is 0.329 e. The second-order valence-corrected chi connectivity index (χ2v) is 7.33. The molecule has 0 saturated heterocycles. The summed E-state index contributed by atoms with van der Waals surface area (Å²) in [6.45, 7) is 7.69. The normalized spacial score (nSPS) is 12.0. The molecule has 1 aromatic carbocycles. The Morgan fingerprint density at radius 1 is 1.12 bits per heavy atom. The minimum atomic E-state index is -0.836. The van der Waals surface area contributed by atoms with E-state index in [1.54, 1.807) is 38.1 Å². The van der Waals surface area contributed by atoms with Crippen molar-refractivity contribution < 1.29 is 19.1 Å². The summed E-state index contributed by atoms with van der Waals surface area (Å²) in [5.74, 6) is -1.24. The molecule has 1 aromatic rings. The molecule has 0 bridgehead atoms. The topological polar surface area (TPSA) is 84.5 Å². The molecule has 2 amide bonds. The first kappa shape index (κ1) is 21.2. The SMILES string of the molecule is CC(C)CNC(=O)COC(=O)[C@@H](NC(=O)c1ccccc1Br)C(C)C. The van der Waals surface area contributed by atoms with Crippen molar-refractivity contribution in [3.8, 4) is 0 Å². The molecule has 0 aliphatic rings. The lowest BCUT2D eigenvalue weighted by Crippen LogP contribution is -2.46. The number of nitrogens with one attached hydrogen (secondary N) is 2. The fourth-order valence-electron chi connectivity index (χ4n) is 1.96. The highest BCUT2D eigenvalue weighted by molar-refractivity contribution is 9.10. The number of amides is 2. The van der Waals surface area contributed by atoms with Gasteiger partial charge in [-0.3, -0.25) is 9.59 Å². The molecule has 0 unspecified atom stereocenters. The second-order valence-electron chi connectivity index (χ2n) is 6.48. The third-order valence-electron chi connectivity index (χ3n) is 3.38. The van der Waals surface area contributed by atoms with Gasteiger partial charge in [-0.2, -0.15) is 0 Å². The van der Waals surface area contributed by atoms with Gasteiger partial charge >= 0.3 is 5.97 Å². The smallest absolute Gasteiger partial charge is 0.329 e. The Morgan fingerprint density at radius 3 is 2.32 bits per heavy atom. The number of rotatable bonds is 8. The number of halogens is 1. The Labute approximate surface area is 156 Å². The van der Waals surface area contributed by atoms with Crippen molar-refractivity contribution in [1.82, 2.24) is 10.6 Å². The van der Waals surface area contributed by atoms with Crippen molar-refractivity contribution >= 4 is 33.7 Å². The summed E-state index contributed by atoms with van der Waals surface area (Å²) in [4.78, 5) is 36.3. The predicted octanol–water partition coefficient (Wildman–Crippen LogP) is 2.52. The van der Waals surface area contributed by atoms with Gasteiger partial charge in [0.05, 0.1) is 5.56 Å². The van der Waals surface area contributed by atoms with Crippen molar-refractivity contribution in [3.05, 3.63) is 34.3 Å². The van der Waals surface area contributed by atoms with Crippen LogP contribution in [0.3, 0.4) is 0 Å². The number of benzene rings is 1. The van der Waals surface area contributed by atoms with Crippen LogP contribution < -0.4 is 10.6 Å². The van der Waals surface area contributed by atoms with Gasteiger partial charge in [-0.15, -0.1) is 0 Å². The maximum absolute atomic E-state index is 12.4. The van der Waals surface area contributed by atoms with Gasteiger partial charge in [0.2, 0.25) is 0 Å². The molecule has 6 nitrogen and oxygen atoms in total. The highest BCUT2D eigenvalue weighted by atomic mass is 79.9. The van der Waals surface area contributed by atoms with Crippen LogP contribution in [0.25, 0.3) is 0 Å². The minimum Gasteiger partial charge on any atom is -0.454 e. The maximum atomic E-state index is 12.4. The quantitative estimate of drug-likeness (QED) is 0.642. The lowest BCUT2D eigenvalue weighted by molar-refractivity contribution is -0.151. The van der Waals surface area contributed by atoms with E-state index in [-0.39, 0.29) is 24.3 Å². The fourth-order valence-corrected chi connectivity index (χ4v) is 2.42. The van der Waals surface area contributed by atoms with Gasteiger partial charge in [-0.1, -0.05) is 39.8 Å². The van der Waals surface area contributed by atoms with E-state index >= 15 is 0 Å². The van der Waals surface area contributed by atoms with Gasteiger partial charge < -0.3 is 15.4 Å². The van der Waals surface area contributed by atoms with Gasteiger partial charge in [-0.25, -0.2) is 4.79 Å². The van der Waals surface area contributed by atoms with E-state index in [1.165, 1.54) is 0 Å². The van der Waals surface area contributed by atoms with Gasteiger partial charge in [-0.05, 0) is 39.9 Å². The van der Waals surface area contributed by atoms with Crippen LogP contribution in [0, 0.1) is 11.8 Å². The summed E-state index contributed by atoms with van der Waals surface area (Å²) >= 11 is 3.31. The molecule has 0 aliphatic heterocycles. The molecule has 2 N–H and O–H groups in total. The molecule has 0 saturated carbocycles. The average molecular weight is 413 g/mol. The second kappa shape index (κ2) is 10.2. The van der Waals surface area contributed by atoms with Crippen molar-refractivity contribution in [2.24, 2.45) is 11.8 Å². The third-order valence-corrected chi connectivity index (χ3v) is 4.07. The number of hydrogen-bond donors (Lipinski definition) is 2. The van der Waals surface area contributed by atoms with Crippen molar-refractivity contribution in [1.29, 1.82) is 0 Å². The minimum absolute atomic E-state index is 0.183. The Morgan fingerprint density at radius 2 is 1.76 bits per heavy atom. The molecule has 0 aromatic heterocycles. The Hall–Kier alpha value is -1.89. The van der Waals surface area contributed by atoms with Crippen molar-refractivity contribution in [2.75, 3.05) is 13.2 Å². The number of carbonyl (C=O) groups excluding carboxylic acids is 3. The third kappa shape index (κ3) is 7.25. The van der Waals surface area contributed by atoms with Gasteiger partial charge in [0.25, 0.3) is 11.8 Å². The highest BCUT2D eigenvalue weighted by Gasteiger charge is 2.27. The number of carbonyl (C=O) groups is 3. The zero-order chi connectivity index (χ0) is 19.0. The van der Waals surface area contributed by atoms with Gasteiger partial charge in [0, 0.05) is 11.0 Å². The summed E-state index contributed by atoms with van der Waals surface area (Å²) in [6.07, 6.45) is 0. The van der Waals surface area contributed by atoms with E-state index in [0.29, 0.717) is 22.5 Å². The largest absolute Gasteiger partial charge is 0.454 e. The summed E-state index contributed by atoms with van der Waals surface area (Å²) in [5, 5.41) is 5.34. The van der Waals surface area contributed by atoms with Crippen LogP contribution in [-0.2, 0) is 14.3 Å². The molecule has 7 heteroatoms. The zero-order valence-electron chi connectivity index (χ0n) is 15.0. The molecule has 1 rings (SSSR count). The Kier molecular flexibility index (Phi) is 8.61. The van der Waals surface area contributed by atoms with E-state index in [9.17, 15) is 14.4 Å². The molecule has 0 fully saturated rings. The lowest BCUT2D eigenvalue weighted by Gasteiger charge is -2.21. The fraction of sp³-hybridized carbons (Fsp3) is 0.500. The van der Waals surface area contributed by atoms with Crippen molar-refractivity contribution in [3.63, 3.8) is 0 Å². The summed E-state index contributed by atoms with van der Waals surface area (Å²) in [5.41, 5.74) is 0.427. The monoisotopic (exact) mass is 412 g/mol. The summed E-state index contributed by atoms with van der Waals surface area (Å²) in [7, 11) is 0. The number of hydrogen-bond acceptors (Lipinski definition) is 4. The summed E-state index contributed by atoms with van der Waals surface area (Å²) in [6, 6.07) is 6.10. The Bertz CT molecular complexity index is 617. The van der Waals surface area contributed by atoms with Crippen molar-refractivity contribution in [2.45, 2.75) is 33.7 Å². The highest BCUT2D eigenvalue weighted by Crippen LogP contribution is 2.16. The molecular formula is C18H25BrN2O4. The predicted molar refractivity (Wildman–Crippen MR) is 99.0 cm³/mol. The molecule has 25 heavy (non-hydrogen) atoms. The van der Waals surface area contributed by atoms with Crippen LogP contribution in [0.1, 0.15) is 38.1 Å². The Balaban J connectivity index is 2.64. The molecule has 1 atom stereocenters. The standard InChI is InChI=1S/C18H25BrN2O4/c1-11(2)9-20-15(22)10-25-18(24)16(12(3)4)21-17(23)13-7-5-6-8-14(13)19/h5-8,11-12,16H,9-10H2,1-4H3,(H,20,22)(H,21,23)/t16-/m0/s1. The van der Waals surface area contributed by atoms with E-state index < -0.39 is 12.0 Å². The number of esters is 1. The lowest BCUT2D eigenvalue weighted by atomic mass is 10.0. The molecule has 0 radical (unpaired) electrons. The van der Waals surface area contributed by atoms with E-state index in [0.717, 1.165) is 0 Å². The first-order chi connectivity index (χ1) is 11.7. The first-order valence-corrected chi connectivity index (χ1v) is 9.00. The molecule has 0 spiro atoms. The van der Waals surface area contributed by atoms with Crippen LogP contribution in [0.4, 0.5) is 0 Å². The van der Waals surface area contributed by atoms with E-state index in [2.05, 4.69) is 26.6 Å². The van der Waals surface area contributed by atoms with E-state index in [4.69, 9.17) is 4.74 Å². The first-order valence-electron chi connectivity index (χ1n) is 8.21. The molecule has 138 valence electrons. The number of ether oxygens (including phenoxy) is 1. The van der Waals surface area contributed by atoms with Crippen LogP contribution >= 0.6 is 15.9 Å². The van der Waals surface area contributed by atoms with Crippen LogP contribution in [0.2, 0.25) is 0 Å². The van der Waals surface area contributed by atoms with Crippen LogP contribution in [0.5, 0.6) is 0 Å². The van der Waals surface area contributed by atoms with Gasteiger partial charge in [0.1, 0.15) is 6.04 Å². The average Bonchev–Trinajstić information content (AvgIpc) is 2.55. The zero-order valence-corrected chi connectivity index (χ0v) is 16.6. The van der Waals surface area contributed by atoms with Crippen LogP contribution in [0.15, 0.2) is 28.7 Å². The van der Waals surface area contributed by atoms with Crippen LogP contribution in [-0.4, -0.2) is 37.0 Å². The van der Waals surface area contributed by atoms with Gasteiger partial charge in [0.15, 0.2) is 6.61 Å². The van der Waals surface area contributed by atoms with E-state index in [1.807, 2.05) is 13.8 Å². The summed E-state index contributed by atoms with van der Waals surface area (Å²) < 4.78 is 5.68. The molecule has 0 heterocycles.